The number of rotatable bonds is 6. The Hall–Kier alpha value is -2.42. The van der Waals surface area contributed by atoms with E-state index in [2.05, 4.69) is 0 Å². The molecule has 1 fully saturated rings. The minimum Gasteiger partial charge on any atom is -0.447 e. The highest BCUT2D eigenvalue weighted by atomic mass is 35.5. The van der Waals surface area contributed by atoms with Crippen LogP contribution in [0.15, 0.2) is 59.5 Å². The first-order valence-corrected chi connectivity index (χ1v) is 10.9. The van der Waals surface area contributed by atoms with Gasteiger partial charge >= 0.3 is 5.97 Å². The molecule has 0 bridgehead atoms. The molecule has 0 saturated carbocycles. The molecule has 1 heterocycles. The lowest BCUT2D eigenvalue weighted by atomic mass is 9.99. The van der Waals surface area contributed by atoms with Crippen molar-refractivity contribution in [1.82, 2.24) is 4.31 Å². The standard InChI is InChI=1S/C20H21ClN2O5S/c21-16-8-10-17(11-9-16)29(26,27)23-12-4-7-15(13-23)20(25)28-18(19(22)24)14-5-2-1-3-6-14/h1-3,5-6,8-11,15,18H,4,7,12-13H2,(H2,22,24)/t15-,18-/m1/s1. The number of hydrogen-bond acceptors (Lipinski definition) is 5. The summed E-state index contributed by atoms with van der Waals surface area (Å²) < 4.78 is 32.4. The third-order valence-corrected chi connectivity index (χ3v) is 6.89. The summed E-state index contributed by atoms with van der Waals surface area (Å²) in [6.45, 7) is 0.275. The molecule has 1 aliphatic heterocycles. The third kappa shape index (κ3) is 4.95. The van der Waals surface area contributed by atoms with Gasteiger partial charge in [-0.1, -0.05) is 41.9 Å². The number of piperidine rings is 1. The maximum absolute atomic E-state index is 12.9. The van der Waals surface area contributed by atoms with E-state index in [1.165, 1.54) is 28.6 Å². The maximum Gasteiger partial charge on any atom is 0.311 e. The lowest BCUT2D eigenvalue weighted by Crippen LogP contribution is -2.43. The zero-order chi connectivity index (χ0) is 21.0. The van der Waals surface area contributed by atoms with Crippen molar-refractivity contribution >= 4 is 33.5 Å². The average Bonchev–Trinajstić information content (AvgIpc) is 2.72. The fourth-order valence-corrected chi connectivity index (χ4v) is 4.89. The summed E-state index contributed by atoms with van der Waals surface area (Å²) in [4.78, 5) is 24.6. The van der Waals surface area contributed by atoms with E-state index in [0.29, 0.717) is 30.0 Å². The number of sulfonamides is 1. The summed E-state index contributed by atoms with van der Waals surface area (Å²) in [5.41, 5.74) is 5.87. The molecule has 1 saturated heterocycles. The molecule has 0 radical (unpaired) electrons. The quantitative estimate of drug-likeness (QED) is 0.700. The minimum atomic E-state index is -3.77. The van der Waals surface area contributed by atoms with E-state index in [-0.39, 0.29) is 11.4 Å². The molecule has 0 unspecified atom stereocenters. The number of amides is 1. The van der Waals surface area contributed by atoms with E-state index in [0.717, 1.165) is 0 Å². The summed E-state index contributed by atoms with van der Waals surface area (Å²) in [7, 11) is -3.77. The predicted molar refractivity (Wildman–Crippen MR) is 107 cm³/mol. The number of ether oxygens (including phenoxy) is 1. The number of nitrogens with two attached hydrogens (primary N) is 1. The molecule has 2 atom stereocenters. The average molecular weight is 437 g/mol. The largest absolute Gasteiger partial charge is 0.447 e. The summed E-state index contributed by atoms with van der Waals surface area (Å²) in [5, 5.41) is 0.433. The number of nitrogens with zero attached hydrogens (tertiary/aromatic N) is 1. The number of hydrogen-bond donors (Lipinski definition) is 1. The molecular weight excluding hydrogens is 416 g/mol. The van der Waals surface area contributed by atoms with E-state index < -0.39 is 33.9 Å². The first-order chi connectivity index (χ1) is 13.8. The van der Waals surface area contributed by atoms with Crippen LogP contribution >= 0.6 is 11.6 Å². The number of carbonyl (C=O) groups is 2. The van der Waals surface area contributed by atoms with E-state index in [9.17, 15) is 18.0 Å². The van der Waals surface area contributed by atoms with E-state index in [1.807, 2.05) is 0 Å². The van der Waals surface area contributed by atoms with Crippen LogP contribution in [0.4, 0.5) is 0 Å². The highest BCUT2D eigenvalue weighted by molar-refractivity contribution is 7.89. The lowest BCUT2D eigenvalue weighted by molar-refractivity contribution is -0.160. The Bertz CT molecular complexity index is 980. The Morgan fingerprint density at radius 3 is 2.38 bits per heavy atom. The fraction of sp³-hybridized carbons (Fsp3) is 0.300. The second-order valence-electron chi connectivity index (χ2n) is 6.79. The van der Waals surface area contributed by atoms with Gasteiger partial charge in [-0.2, -0.15) is 4.31 Å². The number of halogens is 1. The first-order valence-electron chi connectivity index (χ1n) is 9.09. The number of carbonyl (C=O) groups excluding carboxylic acids is 2. The van der Waals surface area contributed by atoms with E-state index >= 15 is 0 Å². The van der Waals surface area contributed by atoms with Gasteiger partial charge in [-0.15, -0.1) is 0 Å². The minimum absolute atomic E-state index is 0.0237. The molecule has 2 aromatic carbocycles. The Morgan fingerprint density at radius 2 is 1.76 bits per heavy atom. The van der Waals surface area contributed by atoms with Crippen molar-refractivity contribution in [2.24, 2.45) is 11.7 Å². The predicted octanol–water partition coefficient (Wildman–Crippen LogP) is 2.51. The van der Waals surface area contributed by atoms with Crippen LogP contribution in [0.2, 0.25) is 5.02 Å². The van der Waals surface area contributed by atoms with Gasteiger partial charge in [0.2, 0.25) is 16.1 Å². The van der Waals surface area contributed by atoms with Crippen LogP contribution in [0, 0.1) is 5.92 Å². The van der Waals surface area contributed by atoms with Gasteiger partial charge < -0.3 is 10.5 Å². The molecule has 2 aromatic rings. The van der Waals surface area contributed by atoms with Crippen LogP contribution in [0.25, 0.3) is 0 Å². The Kier molecular flexibility index (Phi) is 6.56. The molecule has 0 aromatic heterocycles. The zero-order valence-corrected chi connectivity index (χ0v) is 17.1. The van der Waals surface area contributed by atoms with Crippen molar-refractivity contribution in [3.05, 3.63) is 65.2 Å². The van der Waals surface area contributed by atoms with Crippen molar-refractivity contribution in [2.45, 2.75) is 23.8 Å². The van der Waals surface area contributed by atoms with Gasteiger partial charge in [0.1, 0.15) is 0 Å². The summed E-state index contributed by atoms with van der Waals surface area (Å²) >= 11 is 5.83. The zero-order valence-electron chi connectivity index (χ0n) is 15.5. The highest BCUT2D eigenvalue weighted by Gasteiger charge is 2.35. The Balaban J connectivity index is 1.73. The van der Waals surface area contributed by atoms with Gasteiger partial charge in [-0.05, 0) is 37.1 Å². The number of benzene rings is 2. The Labute approximate surface area is 174 Å². The molecule has 3 rings (SSSR count). The van der Waals surface area contributed by atoms with Gasteiger partial charge in [-0.3, -0.25) is 9.59 Å². The molecule has 7 nitrogen and oxygen atoms in total. The monoisotopic (exact) mass is 436 g/mol. The topological polar surface area (TPSA) is 107 Å². The van der Waals surface area contributed by atoms with Crippen LogP contribution in [-0.4, -0.2) is 37.7 Å². The van der Waals surface area contributed by atoms with Crippen molar-refractivity contribution in [3.63, 3.8) is 0 Å². The second kappa shape index (κ2) is 8.94. The SMILES string of the molecule is NC(=O)[C@H](OC(=O)[C@@H]1CCCN(S(=O)(=O)c2ccc(Cl)cc2)C1)c1ccccc1. The van der Waals surface area contributed by atoms with Gasteiger partial charge in [0.05, 0.1) is 10.8 Å². The van der Waals surface area contributed by atoms with Gasteiger partial charge in [-0.25, -0.2) is 8.42 Å². The normalized spacial score (nSPS) is 18.7. The summed E-state index contributed by atoms with van der Waals surface area (Å²) in [6.07, 6.45) is -0.253. The highest BCUT2D eigenvalue weighted by Crippen LogP contribution is 2.27. The van der Waals surface area contributed by atoms with Crippen LogP contribution in [0.1, 0.15) is 24.5 Å². The summed E-state index contributed by atoms with van der Waals surface area (Å²) in [6, 6.07) is 14.3. The van der Waals surface area contributed by atoms with Crippen molar-refractivity contribution in [2.75, 3.05) is 13.1 Å². The molecule has 2 N–H and O–H groups in total. The van der Waals surface area contributed by atoms with E-state index in [4.69, 9.17) is 22.1 Å². The first kappa shape index (κ1) is 21.3. The molecule has 0 aliphatic carbocycles. The number of esters is 1. The van der Waals surface area contributed by atoms with Crippen molar-refractivity contribution in [1.29, 1.82) is 0 Å². The van der Waals surface area contributed by atoms with Gasteiger partial charge in [0, 0.05) is 23.7 Å². The van der Waals surface area contributed by atoms with Crippen molar-refractivity contribution < 1.29 is 22.7 Å². The maximum atomic E-state index is 12.9. The van der Waals surface area contributed by atoms with Gasteiger partial charge in [0.25, 0.3) is 5.91 Å². The molecule has 1 amide bonds. The molecule has 0 spiro atoms. The van der Waals surface area contributed by atoms with Crippen LogP contribution < -0.4 is 5.73 Å². The third-order valence-electron chi connectivity index (χ3n) is 4.76. The lowest BCUT2D eigenvalue weighted by Gasteiger charge is -2.31. The van der Waals surface area contributed by atoms with Gasteiger partial charge in [0.15, 0.2) is 0 Å². The molecule has 9 heteroatoms. The summed E-state index contributed by atoms with van der Waals surface area (Å²) in [5.74, 6) is -2.11. The Morgan fingerprint density at radius 1 is 1.10 bits per heavy atom. The molecule has 154 valence electrons. The van der Waals surface area contributed by atoms with Crippen LogP contribution in [0.5, 0.6) is 0 Å². The van der Waals surface area contributed by atoms with Crippen LogP contribution in [0.3, 0.4) is 0 Å². The van der Waals surface area contributed by atoms with Crippen molar-refractivity contribution in [3.8, 4) is 0 Å². The fourth-order valence-electron chi connectivity index (χ4n) is 3.24. The molecule has 29 heavy (non-hydrogen) atoms. The molecule has 1 aliphatic rings. The second-order valence-corrected chi connectivity index (χ2v) is 9.16. The van der Waals surface area contributed by atoms with E-state index in [1.54, 1.807) is 30.3 Å². The smallest absolute Gasteiger partial charge is 0.311 e. The van der Waals surface area contributed by atoms with Crippen LogP contribution in [-0.2, 0) is 24.3 Å². The molecular formula is C20H21ClN2O5S. The number of primary amides is 1.